The molecule has 15 heavy (non-hydrogen) atoms. The quantitative estimate of drug-likeness (QED) is 0.718. The van der Waals surface area contributed by atoms with Gasteiger partial charge in [0.1, 0.15) is 5.76 Å². The monoisotopic (exact) mass is 209 g/mol. The molecule has 82 valence electrons. The number of hydrogen-bond acceptors (Lipinski definition) is 4. The van der Waals surface area contributed by atoms with Gasteiger partial charge in [-0.25, -0.2) is 9.78 Å². The first kappa shape index (κ1) is 10.2. The predicted octanol–water partition coefficient (Wildman–Crippen LogP) is 2.51. The first-order valence-electron chi connectivity index (χ1n) is 5.43. The van der Waals surface area contributed by atoms with E-state index in [1.807, 2.05) is 0 Å². The van der Waals surface area contributed by atoms with Crippen molar-refractivity contribution in [3.8, 4) is 0 Å². The van der Waals surface area contributed by atoms with E-state index in [0.717, 1.165) is 12.8 Å². The topological polar surface area (TPSA) is 52.3 Å². The van der Waals surface area contributed by atoms with Gasteiger partial charge < -0.3 is 9.15 Å². The number of carbonyl (C=O) groups is 1. The third kappa shape index (κ3) is 2.03. The van der Waals surface area contributed by atoms with Crippen LogP contribution >= 0.6 is 0 Å². The van der Waals surface area contributed by atoms with Crippen LogP contribution in [0.25, 0.3) is 0 Å². The minimum Gasteiger partial charge on any atom is -0.461 e. The van der Waals surface area contributed by atoms with E-state index in [0.29, 0.717) is 24.0 Å². The van der Waals surface area contributed by atoms with Crippen LogP contribution in [0.2, 0.25) is 0 Å². The molecule has 0 unspecified atom stereocenters. The second kappa shape index (κ2) is 4.47. The second-order valence-corrected chi connectivity index (χ2v) is 3.77. The van der Waals surface area contributed by atoms with E-state index < -0.39 is 0 Å². The molecule has 0 spiro atoms. The highest BCUT2D eigenvalue weighted by Gasteiger charge is 2.27. The summed E-state index contributed by atoms with van der Waals surface area (Å²) in [5.74, 6) is 0.700. The van der Waals surface area contributed by atoms with Gasteiger partial charge >= 0.3 is 5.97 Å². The maximum Gasteiger partial charge on any atom is 0.360 e. The first-order chi connectivity index (χ1) is 7.33. The van der Waals surface area contributed by atoms with Gasteiger partial charge in [-0.2, -0.15) is 0 Å². The molecular weight excluding hydrogens is 194 g/mol. The van der Waals surface area contributed by atoms with Crippen LogP contribution in [0.3, 0.4) is 0 Å². The molecule has 0 N–H and O–H groups in total. The molecule has 1 aliphatic carbocycles. The number of esters is 1. The third-order valence-electron chi connectivity index (χ3n) is 2.79. The lowest BCUT2D eigenvalue weighted by Crippen LogP contribution is -2.09. The fourth-order valence-corrected chi connectivity index (χ4v) is 2.09. The standard InChI is InChI=1S/C11H15NO3/c1-2-14-11(13)9-10(15-7-12-9)8-5-3-4-6-8/h7-8H,2-6H2,1H3. The molecule has 0 saturated heterocycles. The van der Waals surface area contributed by atoms with Crippen molar-refractivity contribution in [1.29, 1.82) is 0 Å². The summed E-state index contributed by atoms with van der Waals surface area (Å²) in [6, 6.07) is 0. The fraction of sp³-hybridized carbons (Fsp3) is 0.636. The van der Waals surface area contributed by atoms with E-state index in [-0.39, 0.29) is 5.97 Å². The van der Waals surface area contributed by atoms with E-state index in [1.54, 1.807) is 6.92 Å². The largest absolute Gasteiger partial charge is 0.461 e. The van der Waals surface area contributed by atoms with E-state index in [1.165, 1.54) is 19.2 Å². The Labute approximate surface area is 88.6 Å². The highest BCUT2D eigenvalue weighted by Crippen LogP contribution is 2.35. The van der Waals surface area contributed by atoms with Crippen molar-refractivity contribution >= 4 is 5.97 Å². The smallest absolute Gasteiger partial charge is 0.360 e. The van der Waals surface area contributed by atoms with Crippen molar-refractivity contribution in [2.45, 2.75) is 38.5 Å². The van der Waals surface area contributed by atoms with Crippen molar-refractivity contribution in [1.82, 2.24) is 4.98 Å². The van der Waals surface area contributed by atoms with Gasteiger partial charge in [0.15, 0.2) is 12.1 Å². The van der Waals surface area contributed by atoms with Crippen molar-refractivity contribution in [2.24, 2.45) is 0 Å². The molecule has 1 saturated carbocycles. The molecular formula is C11H15NO3. The summed E-state index contributed by atoms with van der Waals surface area (Å²) in [6.07, 6.45) is 5.91. The van der Waals surface area contributed by atoms with Gasteiger partial charge in [0, 0.05) is 5.92 Å². The van der Waals surface area contributed by atoms with Gasteiger partial charge in [0.05, 0.1) is 6.61 Å². The average molecular weight is 209 g/mol. The fourth-order valence-electron chi connectivity index (χ4n) is 2.09. The van der Waals surface area contributed by atoms with Crippen LogP contribution in [0.15, 0.2) is 10.8 Å². The van der Waals surface area contributed by atoms with Gasteiger partial charge in [-0.3, -0.25) is 0 Å². The first-order valence-corrected chi connectivity index (χ1v) is 5.43. The van der Waals surface area contributed by atoms with Crippen LogP contribution in [-0.4, -0.2) is 17.6 Å². The SMILES string of the molecule is CCOC(=O)c1ncoc1C1CCCC1. The third-order valence-corrected chi connectivity index (χ3v) is 2.79. The molecule has 2 rings (SSSR count). The minimum absolute atomic E-state index is 0.354. The van der Waals surface area contributed by atoms with Gasteiger partial charge in [-0.1, -0.05) is 12.8 Å². The zero-order valence-corrected chi connectivity index (χ0v) is 8.86. The molecule has 0 aliphatic heterocycles. The molecule has 1 heterocycles. The van der Waals surface area contributed by atoms with E-state index >= 15 is 0 Å². The van der Waals surface area contributed by atoms with Crippen LogP contribution in [0, 0.1) is 0 Å². The Balaban J connectivity index is 2.17. The zero-order valence-electron chi connectivity index (χ0n) is 8.86. The summed E-state index contributed by atoms with van der Waals surface area (Å²) in [5, 5.41) is 0. The second-order valence-electron chi connectivity index (χ2n) is 3.77. The lowest BCUT2D eigenvalue weighted by molar-refractivity contribution is 0.0517. The molecule has 1 fully saturated rings. The van der Waals surface area contributed by atoms with Crippen molar-refractivity contribution in [3.63, 3.8) is 0 Å². The highest BCUT2D eigenvalue weighted by molar-refractivity contribution is 5.88. The van der Waals surface area contributed by atoms with E-state index in [2.05, 4.69) is 4.98 Å². The molecule has 4 nitrogen and oxygen atoms in total. The Morgan fingerprint density at radius 3 is 3.00 bits per heavy atom. The number of rotatable bonds is 3. The summed E-state index contributed by atoms with van der Waals surface area (Å²) in [6.45, 7) is 2.16. The molecule has 0 atom stereocenters. The lowest BCUT2D eigenvalue weighted by atomic mass is 10.0. The normalized spacial score (nSPS) is 16.9. The Kier molecular flexibility index (Phi) is 3.04. The summed E-state index contributed by atoms with van der Waals surface area (Å²) in [5.41, 5.74) is 0.365. The number of hydrogen-bond donors (Lipinski definition) is 0. The molecule has 1 aromatic rings. The Morgan fingerprint density at radius 1 is 1.60 bits per heavy atom. The molecule has 1 aliphatic rings. The molecule has 0 aromatic carbocycles. The van der Waals surface area contributed by atoms with Crippen LogP contribution in [0.5, 0.6) is 0 Å². The maximum atomic E-state index is 11.5. The van der Waals surface area contributed by atoms with Gasteiger partial charge in [0.25, 0.3) is 0 Å². The van der Waals surface area contributed by atoms with Crippen molar-refractivity contribution in [3.05, 3.63) is 17.8 Å². The average Bonchev–Trinajstić information content (AvgIpc) is 2.88. The number of carbonyl (C=O) groups excluding carboxylic acids is 1. The summed E-state index contributed by atoms with van der Waals surface area (Å²) in [4.78, 5) is 15.5. The summed E-state index contributed by atoms with van der Waals surface area (Å²) < 4.78 is 10.2. The van der Waals surface area contributed by atoms with Gasteiger partial charge in [-0.05, 0) is 19.8 Å². The number of nitrogens with zero attached hydrogens (tertiary/aromatic N) is 1. The Hall–Kier alpha value is -1.32. The predicted molar refractivity (Wildman–Crippen MR) is 53.7 cm³/mol. The number of oxazole rings is 1. The Morgan fingerprint density at radius 2 is 2.33 bits per heavy atom. The van der Waals surface area contributed by atoms with Crippen molar-refractivity contribution in [2.75, 3.05) is 6.61 Å². The van der Waals surface area contributed by atoms with Gasteiger partial charge in [0.2, 0.25) is 0 Å². The van der Waals surface area contributed by atoms with Crippen LogP contribution in [0.4, 0.5) is 0 Å². The Bertz CT molecular complexity index is 339. The molecule has 4 heteroatoms. The maximum absolute atomic E-state index is 11.5. The van der Waals surface area contributed by atoms with Crippen LogP contribution in [-0.2, 0) is 4.74 Å². The van der Waals surface area contributed by atoms with Crippen LogP contribution < -0.4 is 0 Å². The summed E-state index contributed by atoms with van der Waals surface area (Å²) >= 11 is 0. The molecule has 1 aromatic heterocycles. The molecule has 0 bridgehead atoms. The summed E-state index contributed by atoms with van der Waals surface area (Å²) in [7, 11) is 0. The lowest BCUT2D eigenvalue weighted by Gasteiger charge is -2.06. The molecule has 0 amide bonds. The minimum atomic E-state index is -0.367. The highest BCUT2D eigenvalue weighted by atomic mass is 16.5. The number of ether oxygens (including phenoxy) is 1. The zero-order chi connectivity index (χ0) is 10.7. The van der Waals surface area contributed by atoms with E-state index in [9.17, 15) is 4.79 Å². The molecule has 0 radical (unpaired) electrons. The van der Waals surface area contributed by atoms with E-state index in [4.69, 9.17) is 9.15 Å². The van der Waals surface area contributed by atoms with Crippen LogP contribution in [0.1, 0.15) is 54.8 Å². The number of aromatic nitrogens is 1. The van der Waals surface area contributed by atoms with Gasteiger partial charge in [-0.15, -0.1) is 0 Å². The van der Waals surface area contributed by atoms with Crippen molar-refractivity contribution < 1.29 is 13.9 Å².